The zero-order valence-corrected chi connectivity index (χ0v) is 22.5. The van der Waals surface area contributed by atoms with E-state index in [0.717, 1.165) is 12.0 Å². The van der Waals surface area contributed by atoms with Gasteiger partial charge in [0.05, 0.1) is 20.3 Å². The monoisotopic (exact) mass is 484 g/mol. The number of hydrogen-bond donors (Lipinski definition) is 1. The molecule has 0 aliphatic rings. The molecule has 9 nitrogen and oxygen atoms in total. The van der Waals surface area contributed by atoms with Crippen LogP contribution in [0.1, 0.15) is 48.0 Å². The molecule has 1 unspecified atom stereocenters. The number of rotatable bonds is 11. The van der Waals surface area contributed by atoms with Crippen LogP contribution in [0.25, 0.3) is 0 Å². The van der Waals surface area contributed by atoms with Crippen LogP contribution in [-0.4, -0.2) is 68.9 Å². The second-order valence-corrected chi connectivity index (χ2v) is 15.0. The normalized spacial score (nSPS) is 12.9. The predicted octanol–water partition coefficient (Wildman–Crippen LogP) is 3.56. The molecule has 188 valence electrons. The lowest BCUT2D eigenvalue weighted by Crippen LogP contribution is -2.51. The van der Waals surface area contributed by atoms with E-state index in [9.17, 15) is 19.2 Å². The maximum absolute atomic E-state index is 13.3. The molecule has 0 aromatic rings. The van der Waals surface area contributed by atoms with Gasteiger partial charge in [0.15, 0.2) is 8.32 Å². The number of amides is 2. The average molecular weight is 485 g/mol. The standard InChI is InChI=1S/C23H40N2O7Si/c1-12-13-17(24-21(29)32-22(3,4)5)19(27)25(14-18(26)20(28)30-9)16(2)15-31-33(10,11)23(6,7)8/h12,17H,1-2,13-15H2,3-11H3,(H,24,29). The molecular weight excluding hydrogens is 444 g/mol. The van der Waals surface area contributed by atoms with Crippen LogP contribution in [0, 0.1) is 0 Å². The van der Waals surface area contributed by atoms with Crippen molar-refractivity contribution in [2.24, 2.45) is 0 Å². The molecule has 0 saturated heterocycles. The highest BCUT2D eigenvalue weighted by atomic mass is 28.4. The van der Waals surface area contributed by atoms with Crippen LogP contribution < -0.4 is 5.32 Å². The Hall–Kier alpha value is -2.46. The number of Topliss-reactive ketones (excluding diaryl/α,β-unsaturated/α-hetero) is 1. The van der Waals surface area contributed by atoms with E-state index in [2.05, 4.69) is 44.0 Å². The predicted molar refractivity (Wildman–Crippen MR) is 129 cm³/mol. The number of carbonyl (C=O) groups is 4. The number of nitrogens with zero attached hydrogens (tertiary/aromatic N) is 1. The SMILES string of the molecule is C=CCC(NC(=O)OC(C)(C)C)C(=O)N(CC(=O)C(=O)OC)C(=C)CO[Si](C)(C)C(C)(C)C. The van der Waals surface area contributed by atoms with E-state index in [1.807, 2.05) is 13.1 Å². The second kappa shape index (κ2) is 12.1. The van der Waals surface area contributed by atoms with Crippen molar-refractivity contribution in [1.29, 1.82) is 0 Å². The summed E-state index contributed by atoms with van der Waals surface area (Å²) in [6, 6.07) is -1.09. The fourth-order valence-electron chi connectivity index (χ4n) is 2.25. The summed E-state index contributed by atoms with van der Waals surface area (Å²) in [7, 11) is -1.12. The summed E-state index contributed by atoms with van der Waals surface area (Å²) < 4.78 is 15.8. The van der Waals surface area contributed by atoms with Crippen molar-refractivity contribution in [3.05, 3.63) is 24.9 Å². The fourth-order valence-corrected chi connectivity index (χ4v) is 3.21. The Kier molecular flexibility index (Phi) is 11.2. The lowest BCUT2D eigenvalue weighted by molar-refractivity contribution is -0.152. The minimum atomic E-state index is -2.19. The Morgan fingerprint density at radius 3 is 2.06 bits per heavy atom. The van der Waals surface area contributed by atoms with E-state index < -0.39 is 50.3 Å². The minimum absolute atomic E-state index is 0.0239. The van der Waals surface area contributed by atoms with Gasteiger partial charge >= 0.3 is 12.1 Å². The van der Waals surface area contributed by atoms with Crippen molar-refractivity contribution in [2.45, 2.75) is 77.7 Å². The highest BCUT2D eigenvalue weighted by Gasteiger charge is 2.38. The summed E-state index contributed by atoms with van der Waals surface area (Å²) >= 11 is 0. The second-order valence-electron chi connectivity index (χ2n) is 10.2. The topological polar surface area (TPSA) is 111 Å². The maximum atomic E-state index is 13.3. The molecular formula is C23H40N2O7Si. The van der Waals surface area contributed by atoms with E-state index in [1.165, 1.54) is 6.08 Å². The summed E-state index contributed by atoms with van der Waals surface area (Å²) in [6.45, 7) is 22.3. The van der Waals surface area contributed by atoms with Crippen molar-refractivity contribution < 1.29 is 33.1 Å². The number of nitrogens with one attached hydrogen (secondary N) is 1. The molecule has 0 heterocycles. The van der Waals surface area contributed by atoms with Gasteiger partial charge in [0.25, 0.3) is 5.78 Å². The molecule has 0 aromatic carbocycles. The third kappa shape index (κ3) is 10.3. The summed E-state index contributed by atoms with van der Waals surface area (Å²) in [5, 5.41) is 2.41. The number of methoxy groups -OCH3 is 1. The highest BCUT2D eigenvalue weighted by molar-refractivity contribution is 6.74. The lowest BCUT2D eigenvalue weighted by atomic mass is 10.1. The maximum Gasteiger partial charge on any atom is 0.408 e. The van der Waals surface area contributed by atoms with Crippen LogP contribution in [0.2, 0.25) is 18.1 Å². The molecule has 1 N–H and O–H groups in total. The Balaban J connectivity index is 5.82. The minimum Gasteiger partial charge on any atom is -0.463 e. The first-order chi connectivity index (χ1) is 14.9. The smallest absolute Gasteiger partial charge is 0.408 e. The van der Waals surface area contributed by atoms with Gasteiger partial charge in [-0.2, -0.15) is 0 Å². The van der Waals surface area contributed by atoms with Crippen molar-refractivity contribution >= 4 is 32.1 Å². The molecule has 0 radical (unpaired) electrons. The Morgan fingerprint density at radius 1 is 1.09 bits per heavy atom. The zero-order chi connectivity index (χ0) is 26.2. The zero-order valence-electron chi connectivity index (χ0n) is 21.5. The number of hydrogen-bond acceptors (Lipinski definition) is 7. The number of ketones is 1. The van der Waals surface area contributed by atoms with E-state index in [1.54, 1.807) is 20.8 Å². The Morgan fingerprint density at radius 2 is 1.64 bits per heavy atom. The molecule has 1 atom stereocenters. The van der Waals surface area contributed by atoms with E-state index in [-0.39, 0.29) is 23.8 Å². The van der Waals surface area contributed by atoms with Crippen LogP contribution in [0.3, 0.4) is 0 Å². The first-order valence-electron chi connectivity index (χ1n) is 10.7. The number of alkyl carbamates (subject to hydrolysis) is 1. The van der Waals surface area contributed by atoms with E-state index >= 15 is 0 Å². The van der Waals surface area contributed by atoms with Gasteiger partial charge in [-0.3, -0.25) is 9.59 Å². The molecule has 0 spiro atoms. The third-order valence-corrected chi connectivity index (χ3v) is 9.64. The number of esters is 1. The summed E-state index contributed by atoms with van der Waals surface area (Å²) in [4.78, 5) is 50.6. The first kappa shape index (κ1) is 30.5. The van der Waals surface area contributed by atoms with Crippen molar-refractivity contribution in [3.8, 4) is 0 Å². The third-order valence-electron chi connectivity index (χ3n) is 5.16. The van der Waals surface area contributed by atoms with Gasteiger partial charge in [0.2, 0.25) is 5.91 Å². The Bertz CT molecular complexity index is 764. The van der Waals surface area contributed by atoms with Gasteiger partial charge in [0.1, 0.15) is 11.6 Å². The van der Waals surface area contributed by atoms with Gasteiger partial charge in [-0.1, -0.05) is 33.4 Å². The molecule has 0 bridgehead atoms. The summed E-state index contributed by atoms with van der Waals surface area (Å²) in [6.07, 6.45) is 0.719. The van der Waals surface area contributed by atoms with Gasteiger partial charge in [-0.25, -0.2) is 9.59 Å². The number of ether oxygens (including phenoxy) is 2. The van der Waals surface area contributed by atoms with Gasteiger partial charge in [-0.15, -0.1) is 6.58 Å². The van der Waals surface area contributed by atoms with Crippen molar-refractivity contribution in [1.82, 2.24) is 10.2 Å². The molecule has 0 saturated carbocycles. The van der Waals surface area contributed by atoms with Crippen LogP contribution in [0.5, 0.6) is 0 Å². The molecule has 0 aromatic heterocycles. The molecule has 0 aliphatic carbocycles. The highest BCUT2D eigenvalue weighted by Crippen LogP contribution is 2.36. The van der Waals surface area contributed by atoms with Crippen LogP contribution in [0.15, 0.2) is 24.9 Å². The molecule has 10 heteroatoms. The molecule has 2 amide bonds. The summed E-state index contributed by atoms with van der Waals surface area (Å²) in [5.41, 5.74) is -0.588. The van der Waals surface area contributed by atoms with Gasteiger partial charge < -0.3 is 24.1 Å². The van der Waals surface area contributed by atoms with E-state index in [4.69, 9.17) is 9.16 Å². The van der Waals surface area contributed by atoms with Crippen molar-refractivity contribution in [3.63, 3.8) is 0 Å². The molecule has 0 fully saturated rings. The largest absolute Gasteiger partial charge is 0.463 e. The van der Waals surface area contributed by atoms with Crippen LogP contribution in [0.4, 0.5) is 4.79 Å². The molecule has 0 rings (SSSR count). The van der Waals surface area contributed by atoms with Crippen molar-refractivity contribution in [2.75, 3.05) is 20.3 Å². The van der Waals surface area contributed by atoms with Gasteiger partial charge in [-0.05, 0) is 45.3 Å². The Labute approximate surface area is 198 Å². The quantitative estimate of drug-likeness (QED) is 0.207. The fraction of sp³-hybridized carbons (Fsp3) is 0.652. The first-order valence-corrected chi connectivity index (χ1v) is 13.6. The lowest BCUT2D eigenvalue weighted by Gasteiger charge is -2.37. The van der Waals surface area contributed by atoms with Crippen LogP contribution in [-0.2, 0) is 28.3 Å². The van der Waals surface area contributed by atoms with E-state index in [0.29, 0.717) is 0 Å². The average Bonchev–Trinajstić information content (AvgIpc) is 2.66. The molecule has 0 aliphatic heterocycles. The van der Waals surface area contributed by atoms with Gasteiger partial charge in [0, 0.05) is 5.70 Å². The molecule has 33 heavy (non-hydrogen) atoms. The summed E-state index contributed by atoms with van der Waals surface area (Å²) in [5.74, 6) is -2.68. The van der Waals surface area contributed by atoms with Crippen LogP contribution >= 0.6 is 0 Å². The number of carbonyl (C=O) groups excluding carboxylic acids is 4.